The van der Waals surface area contributed by atoms with Crippen molar-refractivity contribution in [2.24, 2.45) is 0 Å². The summed E-state index contributed by atoms with van der Waals surface area (Å²) in [5.74, 6) is -0.129. The number of hydrogen-bond acceptors (Lipinski definition) is 4. The molecule has 1 unspecified atom stereocenters. The minimum Gasteiger partial charge on any atom is -0.394 e. The lowest BCUT2D eigenvalue weighted by atomic mass is 10.1. The standard InChI is InChI=1S/C11H13Cl2NO3/c1-6(16)7-2-9(12)11(10(13)3-7)14-4-8(17)5-15/h2-3,8,14-15,17H,4-5H2,1H3. The number of carbonyl (C=O) groups is 1. The molecule has 0 aromatic heterocycles. The van der Waals surface area contributed by atoms with E-state index in [0.29, 0.717) is 21.3 Å². The molecular weight excluding hydrogens is 265 g/mol. The Kier molecular flexibility index (Phi) is 5.21. The lowest BCUT2D eigenvalue weighted by Gasteiger charge is -2.13. The second-order valence-electron chi connectivity index (χ2n) is 3.59. The molecule has 0 amide bonds. The van der Waals surface area contributed by atoms with Gasteiger partial charge in [-0.05, 0) is 19.1 Å². The number of halogens is 2. The van der Waals surface area contributed by atoms with Gasteiger partial charge in [-0.15, -0.1) is 0 Å². The van der Waals surface area contributed by atoms with Crippen molar-refractivity contribution in [3.63, 3.8) is 0 Å². The van der Waals surface area contributed by atoms with Crippen molar-refractivity contribution in [2.75, 3.05) is 18.5 Å². The van der Waals surface area contributed by atoms with Crippen LogP contribution in [-0.2, 0) is 0 Å². The second-order valence-corrected chi connectivity index (χ2v) is 4.40. The van der Waals surface area contributed by atoms with Crippen molar-refractivity contribution in [1.82, 2.24) is 0 Å². The molecule has 4 nitrogen and oxygen atoms in total. The molecule has 1 aromatic rings. The van der Waals surface area contributed by atoms with Gasteiger partial charge < -0.3 is 15.5 Å². The Morgan fingerprint density at radius 3 is 2.35 bits per heavy atom. The molecule has 0 spiro atoms. The number of aliphatic hydroxyl groups excluding tert-OH is 2. The molecule has 0 bridgehead atoms. The molecule has 0 aliphatic heterocycles. The van der Waals surface area contributed by atoms with Gasteiger partial charge in [-0.2, -0.15) is 0 Å². The Bertz CT molecular complexity index is 400. The predicted molar refractivity (Wildman–Crippen MR) is 68.0 cm³/mol. The third-order valence-corrected chi connectivity index (χ3v) is 2.77. The van der Waals surface area contributed by atoms with Gasteiger partial charge in [-0.3, -0.25) is 4.79 Å². The molecule has 0 saturated carbocycles. The van der Waals surface area contributed by atoms with E-state index in [2.05, 4.69) is 5.32 Å². The first-order valence-electron chi connectivity index (χ1n) is 4.98. The van der Waals surface area contributed by atoms with Gasteiger partial charge in [0.2, 0.25) is 0 Å². The molecule has 3 N–H and O–H groups in total. The second kappa shape index (κ2) is 6.21. The van der Waals surface area contributed by atoms with Gasteiger partial charge >= 0.3 is 0 Å². The first-order valence-corrected chi connectivity index (χ1v) is 5.74. The van der Waals surface area contributed by atoms with Crippen molar-refractivity contribution in [2.45, 2.75) is 13.0 Å². The summed E-state index contributed by atoms with van der Waals surface area (Å²) in [5.41, 5.74) is 0.860. The maximum Gasteiger partial charge on any atom is 0.159 e. The zero-order valence-corrected chi connectivity index (χ0v) is 10.7. The molecule has 0 aliphatic carbocycles. The number of nitrogens with one attached hydrogen (secondary N) is 1. The molecule has 1 atom stereocenters. The zero-order chi connectivity index (χ0) is 13.0. The molecule has 17 heavy (non-hydrogen) atoms. The van der Waals surface area contributed by atoms with Crippen molar-refractivity contribution in [3.8, 4) is 0 Å². The summed E-state index contributed by atoms with van der Waals surface area (Å²) in [6.45, 7) is 1.19. The van der Waals surface area contributed by atoms with E-state index >= 15 is 0 Å². The fourth-order valence-corrected chi connectivity index (χ4v) is 1.85. The van der Waals surface area contributed by atoms with E-state index in [4.69, 9.17) is 28.3 Å². The summed E-state index contributed by atoms with van der Waals surface area (Å²) < 4.78 is 0. The maximum absolute atomic E-state index is 11.2. The van der Waals surface area contributed by atoms with Crippen LogP contribution in [0.4, 0.5) is 5.69 Å². The van der Waals surface area contributed by atoms with Gasteiger partial charge in [-0.25, -0.2) is 0 Å². The summed E-state index contributed by atoms with van der Waals surface area (Å²) >= 11 is 11.9. The molecule has 1 rings (SSSR count). The van der Waals surface area contributed by atoms with Gasteiger partial charge in [0, 0.05) is 12.1 Å². The Labute approximate surface area is 109 Å². The number of anilines is 1. The average molecular weight is 278 g/mol. The average Bonchev–Trinajstić information content (AvgIpc) is 2.27. The molecule has 6 heteroatoms. The Morgan fingerprint density at radius 1 is 1.41 bits per heavy atom. The van der Waals surface area contributed by atoms with Crippen LogP contribution in [0.5, 0.6) is 0 Å². The summed E-state index contributed by atoms with van der Waals surface area (Å²) in [4.78, 5) is 11.2. The molecule has 94 valence electrons. The topological polar surface area (TPSA) is 69.6 Å². The summed E-state index contributed by atoms with van der Waals surface area (Å²) in [6.07, 6.45) is -0.894. The number of Topliss-reactive ketones (excluding diaryl/α,β-unsaturated/α-hetero) is 1. The number of hydrogen-bond donors (Lipinski definition) is 3. The van der Waals surface area contributed by atoms with Crippen LogP contribution < -0.4 is 5.32 Å². The third kappa shape index (κ3) is 3.85. The highest BCUT2D eigenvalue weighted by Gasteiger charge is 2.11. The van der Waals surface area contributed by atoms with Crippen molar-refractivity contribution in [1.29, 1.82) is 0 Å². The molecule has 0 saturated heterocycles. The maximum atomic E-state index is 11.2. The van der Waals surface area contributed by atoms with Crippen LogP contribution in [0.25, 0.3) is 0 Å². The van der Waals surface area contributed by atoms with E-state index in [1.807, 2.05) is 0 Å². The van der Waals surface area contributed by atoms with Crippen LogP contribution in [0.3, 0.4) is 0 Å². The normalized spacial score (nSPS) is 12.3. The van der Waals surface area contributed by atoms with Crippen LogP contribution >= 0.6 is 23.2 Å². The van der Waals surface area contributed by atoms with E-state index < -0.39 is 6.10 Å². The van der Waals surface area contributed by atoms with E-state index in [-0.39, 0.29) is 18.9 Å². The smallest absolute Gasteiger partial charge is 0.159 e. The first-order chi connectivity index (χ1) is 7.95. The number of rotatable bonds is 5. The molecule has 0 heterocycles. The van der Waals surface area contributed by atoms with Crippen LogP contribution in [0.2, 0.25) is 10.0 Å². The minimum absolute atomic E-state index is 0.120. The number of carbonyl (C=O) groups excluding carboxylic acids is 1. The van der Waals surface area contributed by atoms with Crippen molar-refractivity contribution in [3.05, 3.63) is 27.7 Å². The van der Waals surface area contributed by atoms with Gasteiger partial charge in [0.1, 0.15) is 0 Å². The van der Waals surface area contributed by atoms with Gasteiger partial charge in [-0.1, -0.05) is 23.2 Å². The van der Waals surface area contributed by atoms with Crippen LogP contribution in [-0.4, -0.2) is 35.3 Å². The third-order valence-electron chi connectivity index (χ3n) is 2.17. The fourth-order valence-electron chi connectivity index (χ4n) is 1.23. The van der Waals surface area contributed by atoms with Gasteiger partial charge in [0.15, 0.2) is 5.78 Å². The van der Waals surface area contributed by atoms with Gasteiger partial charge in [0.25, 0.3) is 0 Å². The van der Waals surface area contributed by atoms with Gasteiger partial charge in [0.05, 0.1) is 28.4 Å². The van der Waals surface area contributed by atoms with E-state index in [9.17, 15) is 9.90 Å². The highest BCUT2D eigenvalue weighted by Crippen LogP contribution is 2.31. The number of benzene rings is 1. The first kappa shape index (κ1) is 14.3. The Balaban J connectivity index is 2.90. The summed E-state index contributed by atoms with van der Waals surface area (Å²) in [7, 11) is 0. The lowest BCUT2D eigenvalue weighted by Crippen LogP contribution is -2.23. The fraction of sp³-hybridized carbons (Fsp3) is 0.364. The Hall–Kier alpha value is -0.810. The van der Waals surface area contributed by atoms with Crippen molar-refractivity contribution < 1.29 is 15.0 Å². The minimum atomic E-state index is -0.894. The molecular formula is C11H13Cl2NO3. The monoisotopic (exact) mass is 277 g/mol. The van der Waals surface area contributed by atoms with Crippen LogP contribution in [0, 0.1) is 0 Å². The molecule has 0 aliphatic rings. The highest BCUT2D eigenvalue weighted by atomic mass is 35.5. The SMILES string of the molecule is CC(=O)c1cc(Cl)c(NCC(O)CO)c(Cl)c1. The predicted octanol–water partition coefficient (Wildman–Crippen LogP) is 1.96. The Morgan fingerprint density at radius 2 is 1.94 bits per heavy atom. The van der Waals surface area contributed by atoms with E-state index in [1.165, 1.54) is 19.1 Å². The lowest BCUT2D eigenvalue weighted by molar-refractivity contribution is 0.101. The van der Waals surface area contributed by atoms with E-state index in [0.717, 1.165) is 0 Å². The zero-order valence-electron chi connectivity index (χ0n) is 9.20. The summed E-state index contributed by atoms with van der Waals surface area (Å²) in [5, 5.41) is 21.3. The summed E-state index contributed by atoms with van der Waals surface area (Å²) in [6, 6.07) is 3.01. The molecule has 1 aromatic carbocycles. The number of aliphatic hydroxyl groups is 2. The number of ketones is 1. The largest absolute Gasteiger partial charge is 0.394 e. The molecule has 0 radical (unpaired) electrons. The van der Waals surface area contributed by atoms with E-state index in [1.54, 1.807) is 0 Å². The quantitative estimate of drug-likeness (QED) is 0.720. The molecule has 0 fully saturated rings. The van der Waals surface area contributed by atoms with Crippen LogP contribution in [0.15, 0.2) is 12.1 Å². The highest BCUT2D eigenvalue weighted by molar-refractivity contribution is 6.39. The van der Waals surface area contributed by atoms with Crippen LogP contribution in [0.1, 0.15) is 17.3 Å². The van der Waals surface area contributed by atoms with Crippen molar-refractivity contribution >= 4 is 34.7 Å².